The summed E-state index contributed by atoms with van der Waals surface area (Å²) in [4.78, 5) is 7.17. The van der Waals surface area contributed by atoms with Gasteiger partial charge in [-0.15, -0.1) is 0 Å². The number of hydrogen-bond donors (Lipinski definition) is 0. The summed E-state index contributed by atoms with van der Waals surface area (Å²) in [6.07, 6.45) is 6.58. The lowest BCUT2D eigenvalue weighted by atomic mass is 10.2. The summed E-state index contributed by atoms with van der Waals surface area (Å²) in [7, 11) is 0. The highest BCUT2D eigenvalue weighted by Gasteiger charge is 2.24. The average molecular weight is 292 g/mol. The van der Waals surface area contributed by atoms with Gasteiger partial charge in [-0.3, -0.25) is 0 Å². The Morgan fingerprint density at radius 3 is 3.06 bits per heavy atom. The highest BCUT2D eigenvalue weighted by atomic mass is 79.9. The van der Waals surface area contributed by atoms with E-state index in [0.29, 0.717) is 12.5 Å². The third kappa shape index (κ3) is 2.01. The van der Waals surface area contributed by atoms with Crippen molar-refractivity contribution < 1.29 is 0 Å². The molecule has 6 heteroatoms. The van der Waals surface area contributed by atoms with Crippen molar-refractivity contribution in [3.05, 3.63) is 44.6 Å². The first-order chi connectivity index (χ1) is 8.28. The molecule has 1 saturated carbocycles. The predicted octanol–water partition coefficient (Wildman–Crippen LogP) is 3.78. The van der Waals surface area contributed by atoms with Crippen molar-refractivity contribution in [1.82, 2.24) is 9.38 Å². The average Bonchev–Trinajstić information content (AvgIpc) is 3.07. The number of rotatable bonds is 3. The maximum Gasteiger partial charge on any atom is 0.151 e. The maximum absolute atomic E-state index is 8.30. The van der Waals surface area contributed by atoms with Gasteiger partial charge in [0.25, 0.3) is 0 Å². The molecule has 1 aliphatic rings. The highest BCUT2D eigenvalue weighted by Crippen LogP contribution is 2.41. The van der Waals surface area contributed by atoms with Gasteiger partial charge >= 0.3 is 0 Å². The van der Waals surface area contributed by atoms with E-state index >= 15 is 0 Å². The topological polar surface area (TPSA) is 66.1 Å². The van der Waals surface area contributed by atoms with E-state index in [2.05, 4.69) is 43.2 Å². The van der Waals surface area contributed by atoms with Gasteiger partial charge in [-0.25, -0.2) is 4.98 Å². The lowest BCUT2D eigenvalue weighted by Gasteiger charge is -2.01. The lowest BCUT2D eigenvalue weighted by Crippen LogP contribution is -1.88. The standard InChI is InChI=1S/C11H10BrN5/c12-10-3-8(7-1-2-7)5-17-6-9(4-14-16-13)15-11(10)17/h3,5-7H,1-2,4H2. The minimum absolute atomic E-state index is 0.295. The van der Waals surface area contributed by atoms with Crippen molar-refractivity contribution in [2.24, 2.45) is 5.11 Å². The Labute approximate surface area is 106 Å². The van der Waals surface area contributed by atoms with Crippen molar-refractivity contribution in [2.45, 2.75) is 25.3 Å². The van der Waals surface area contributed by atoms with E-state index in [1.54, 1.807) is 0 Å². The van der Waals surface area contributed by atoms with Crippen LogP contribution in [0.4, 0.5) is 0 Å². The van der Waals surface area contributed by atoms with E-state index in [0.717, 1.165) is 15.8 Å². The fourth-order valence-corrected chi connectivity index (χ4v) is 2.51. The highest BCUT2D eigenvalue weighted by molar-refractivity contribution is 9.10. The second-order valence-electron chi connectivity index (χ2n) is 4.25. The Morgan fingerprint density at radius 2 is 2.35 bits per heavy atom. The summed E-state index contributed by atoms with van der Waals surface area (Å²) in [5.74, 6) is 0.707. The van der Waals surface area contributed by atoms with Crippen LogP contribution in [0.15, 0.2) is 28.0 Å². The van der Waals surface area contributed by atoms with Crippen LogP contribution in [0.1, 0.15) is 30.0 Å². The molecule has 0 bridgehead atoms. The van der Waals surface area contributed by atoms with E-state index < -0.39 is 0 Å². The number of nitrogens with zero attached hydrogens (tertiary/aromatic N) is 5. The van der Waals surface area contributed by atoms with Crippen LogP contribution in [0.2, 0.25) is 0 Å². The zero-order chi connectivity index (χ0) is 11.8. The largest absolute Gasteiger partial charge is 0.306 e. The van der Waals surface area contributed by atoms with E-state index in [9.17, 15) is 0 Å². The third-order valence-electron chi connectivity index (χ3n) is 2.92. The summed E-state index contributed by atoms with van der Waals surface area (Å²) in [6.45, 7) is 0.295. The molecule has 0 spiro atoms. The first-order valence-electron chi connectivity index (χ1n) is 5.46. The van der Waals surface area contributed by atoms with Crippen molar-refractivity contribution in [2.75, 3.05) is 0 Å². The Morgan fingerprint density at radius 1 is 1.53 bits per heavy atom. The molecule has 0 N–H and O–H groups in total. The molecule has 0 aromatic carbocycles. The van der Waals surface area contributed by atoms with Gasteiger partial charge in [-0.05, 0) is 51.9 Å². The molecule has 2 aromatic rings. The molecule has 0 atom stereocenters. The molecule has 1 fully saturated rings. The quantitative estimate of drug-likeness (QED) is 0.482. The number of fused-ring (bicyclic) bond motifs is 1. The second-order valence-corrected chi connectivity index (χ2v) is 5.10. The SMILES string of the molecule is [N-]=[N+]=NCc1cn2cc(C3CC3)cc(Br)c2n1. The number of halogens is 1. The second kappa shape index (κ2) is 4.05. The van der Waals surface area contributed by atoms with Gasteiger partial charge in [0.1, 0.15) is 0 Å². The molecular weight excluding hydrogens is 282 g/mol. The first-order valence-corrected chi connectivity index (χ1v) is 6.25. The Bertz CT molecular complexity index is 622. The summed E-state index contributed by atoms with van der Waals surface area (Å²) in [5.41, 5.74) is 11.3. The minimum Gasteiger partial charge on any atom is -0.306 e. The molecule has 1 aliphatic carbocycles. The number of aromatic nitrogens is 2. The van der Waals surface area contributed by atoms with Crippen LogP contribution in [-0.4, -0.2) is 9.38 Å². The van der Waals surface area contributed by atoms with Crippen LogP contribution in [-0.2, 0) is 6.54 Å². The molecule has 0 unspecified atom stereocenters. The van der Waals surface area contributed by atoms with Gasteiger partial charge in [0.15, 0.2) is 5.65 Å². The molecule has 0 saturated heterocycles. The van der Waals surface area contributed by atoms with Gasteiger partial charge in [0, 0.05) is 17.3 Å². The van der Waals surface area contributed by atoms with Crippen molar-refractivity contribution >= 4 is 21.6 Å². The van der Waals surface area contributed by atoms with Crippen molar-refractivity contribution in [1.29, 1.82) is 0 Å². The molecular formula is C11H10BrN5. The monoisotopic (exact) mass is 291 g/mol. The molecule has 2 heterocycles. The smallest absolute Gasteiger partial charge is 0.151 e. The van der Waals surface area contributed by atoms with Crippen molar-refractivity contribution in [3.63, 3.8) is 0 Å². The van der Waals surface area contributed by atoms with Gasteiger partial charge < -0.3 is 4.40 Å². The van der Waals surface area contributed by atoms with Crippen LogP contribution in [0.3, 0.4) is 0 Å². The zero-order valence-electron chi connectivity index (χ0n) is 9.04. The van der Waals surface area contributed by atoms with Gasteiger partial charge in [0.2, 0.25) is 0 Å². The Kier molecular flexibility index (Phi) is 2.53. The molecule has 0 aliphatic heterocycles. The fourth-order valence-electron chi connectivity index (χ4n) is 1.95. The summed E-state index contributed by atoms with van der Waals surface area (Å²) < 4.78 is 2.99. The molecule has 17 heavy (non-hydrogen) atoms. The van der Waals surface area contributed by atoms with Gasteiger partial charge in [-0.1, -0.05) is 5.11 Å². The molecule has 0 radical (unpaired) electrons. The van der Waals surface area contributed by atoms with Crippen LogP contribution >= 0.6 is 15.9 Å². The number of imidazole rings is 1. The van der Waals surface area contributed by atoms with E-state index in [1.165, 1.54) is 18.4 Å². The number of azide groups is 1. The minimum atomic E-state index is 0.295. The van der Waals surface area contributed by atoms with Crippen LogP contribution in [0.5, 0.6) is 0 Å². The maximum atomic E-state index is 8.30. The van der Waals surface area contributed by atoms with Crippen LogP contribution < -0.4 is 0 Å². The lowest BCUT2D eigenvalue weighted by molar-refractivity contribution is 0.996. The molecule has 3 rings (SSSR count). The Balaban J connectivity index is 2.07. The molecule has 86 valence electrons. The summed E-state index contributed by atoms with van der Waals surface area (Å²) in [6, 6.07) is 2.14. The van der Waals surface area contributed by atoms with Crippen LogP contribution in [0, 0.1) is 0 Å². The molecule has 0 amide bonds. The Hall–Kier alpha value is -1.52. The van der Waals surface area contributed by atoms with Gasteiger partial charge in [-0.2, -0.15) is 0 Å². The third-order valence-corrected chi connectivity index (χ3v) is 3.51. The number of pyridine rings is 1. The fraction of sp³-hybridized carbons (Fsp3) is 0.364. The van der Waals surface area contributed by atoms with E-state index in [4.69, 9.17) is 5.53 Å². The normalized spacial score (nSPS) is 14.9. The zero-order valence-corrected chi connectivity index (χ0v) is 10.6. The predicted molar refractivity (Wildman–Crippen MR) is 67.7 cm³/mol. The van der Waals surface area contributed by atoms with Crippen molar-refractivity contribution in [3.8, 4) is 0 Å². The molecule has 2 aromatic heterocycles. The summed E-state index contributed by atoms with van der Waals surface area (Å²) in [5, 5.41) is 3.53. The van der Waals surface area contributed by atoms with E-state index in [1.807, 2.05) is 10.6 Å². The molecule has 5 nitrogen and oxygen atoms in total. The van der Waals surface area contributed by atoms with E-state index in [-0.39, 0.29) is 0 Å². The van der Waals surface area contributed by atoms with Gasteiger partial charge in [0.05, 0.1) is 16.7 Å². The van der Waals surface area contributed by atoms with Crippen LogP contribution in [0.25, 0.3) is 16.1 Å². The number of hydrogen-bond acceptors (Lipinski definition) is 2. The summed E-state index contributed by atoms with van der Waals surface area (Å²) >= 11 is 3.54. The first kappa shape index (κ1) is 10.6.